The van der Waals surface area contributed by atoms with Crippen LogP contribution in [0.5, 0.6) is 0 Å². The summed E-state index contributed by atoms with van der Waals surface area (Å²) in [6.45, 7) is 7.85. The molecule has 2 rings (SSSR count). The Morgan fingerprint density at radius 3 is 2.38 bits per heavy atom. The van der Waals surface area contributed by atoms with Crippen molar-refractivity contribution in [3.63, 3.8) is 0 Å². The summed E-state index contributed by atoms with van der Waals surface area (Å²) in [5.41, 5.74) is 0.530. The maximum Gasteiger partial charge on any atom is 0.0471 e. The van der Waals surface area contributed by atoms with E-state index in [1.165, 1.54) is 38.9 Å². The van der Waals surface area contributed by atoms with Crippen LogP contribution in [-0.2, 0) is 4.74 Å². The van der Waals surface area contributed by atoms with Gasteiger partial charge in [0, 0.05) is 38.9 Å². The molecule has 0 aromatic rings. The van der Waals surface area contributed by atoms with Crippen molar-refractivity contribution in [3.05, 3.63) is 0 Å². The second-order valence-electron chi connectivity index (χ2n) is 5.19. The van der Waals surface area contributed by atoms with Crippen LogP contribution >= 0.6 is 12.4 Å². The van der Waals surface area contributed by atoms with E-state index < -0.39 is 0 Å². The molecule has 2 saturated heterocycles. The number of nitrogens with zero attached hydrogens (tertiary/aromatic N) is 1. The molecule has 96 valence electrons. The van der Waals surface area contributed by atoms with Crippen LogP contribution in [-0.4, -0.2) is 50.8 Å². The zero-order valence-electron chi connectivity index (χ0n) is 10.5. The van der Waals surface area contributed by atoms with E-state index in [0.717, 1.165) is 19.3 Å². The minimum Gasteiger partial charge on any atom is -0.381 e. The number of hydrogen-bond acceptors (Lipinski definition) is 3. The first-order chi connectivity index (χ1) is 7.26. The second kappa shape index (κ2) is 6.20. The van der Waals surface area contributed by atoms with Crippen LogP contribution in [0.1, 0.15) is 26.2 Å². The molecule has 0 aliphatic carbocycles. The molecule has 0 bridgehead atoms. The molecule has 0 unspecified atom stereocenters. The number of ether oxygens (including phenoxy) is 1. The summed E-state index contributed by atoms with van der Waals surface area (Å²) < 4.78 is 5.48. The lowest BCUT2D eigenvalue weighted by atomic mass is 9.77. The van der Waals surface area contributed by atoms with E-state index in [-0.39, 0.29) is 12.4 Å². The molecule has 0 saturated carbocycles. The zero-order chi connectivity index (χ0) is 10.7. The van der Waals surface area contributed by atoms with E-state index in [1.54, 1.807) is 0 Å². The molecule has 0 radical (unpaired) electrons. The van der Waals surface area contributed by atoms with Crippen LogP contribution in [0.4, 0.5) is 0 Å². The maximum atomic E-state index is 5.48. The molecule has 2 heterocycles. The van der Waals surface area contributed by atoms with Gasteiger partial charge >= 0.3 is 0 Å². The first kappa shape index (κ1) is 14.2. The smallest absolute Gasteiger partial charge is 0.0471 e. The highest BCUT2D eigenvalue weighted by Gasteiger charge is 2.34. The lowest BCUT2D eigenvalue weighted by molar-refractivity contribution is -0.0130. The summed E-state index contributed by atoms with van der Waals surface area (Å²) in [5.74, 6) is 0. The molecule has 0 spiro atoms. The molecule has 4 heteroatoms. The quantitative estimate of drug-likeness (QED) is 0.817. The summed E-state index contributed by atoms with van der Waals surface area (Å²) in [4.78, 5) is 2.55. The number of rotatable bonds is 4. The van der Waals surface area contributed by atoms with Gasteiger partial charge in [-0.05, 0) is 31.7 Å². The van der Waals surface area contributed by atoms with Crippen molar-refractivity contribution in [1.82, 2.24) is 10.2 Å². The summed E-state index contributed by atoms with van der Waals surface area (Å²) >= 11 is 0. The Kier molecular flexibility index (Phi) is 5.51. The molecule has 0 aromatic carbocycles. The van der Waals surface area contributed by atoms with Gasteiger partial charge in [-0.1, -0.05) is 6.92 Å². The van der Waals surface area contributed by atoms with Crippen LogP contribution in [0.25, 0.3) is 0 Å². The fourth-order valence-corrected chi connectivity index (χ4v) is 2.67. The fraction of sp³-hybridized carbons (Fsp3) is 1.00. The highest BCUT2D eigenvalue weighted by atomic mass is 35.5. The second-order valence-corrected chi connectivity index (χ2v) is 5.19. The maximum absolute atomic E-state index is 5.48. The summed E-state index contributed by atoms with van der Waals surface area (Å²) in [6.07, 6.45) is 3.78. The number of nitrogens with one attached hydrogen (secondary N) is 1. The Hall–Kier alpha value is 0.170. The first-order valence-electron chi connectivity index (χ1n) is 6.24. The first-order valence-corrected chi connectivity index (χ1v) is 6.24. The Morgan fingerprint density at radius 2 is 1.94 bits per heavy atom. The molecule has 0 aromatic heterocycles. The van der Waals surface area contributed by atoms with E-state index in [9.17, 15) is 0 Å². The number of hydrogen-bond donors (Lipinski definition) is 1. The number of likely N-dealkylation sites (N-methyl/N-ethyl adjacent to an activating group) is 1. The van der Waals surface area contributed by atoms with Crippen molar-refractivity contribution in [1.29, 1.82) is 0 Å². The summed E-state index contributed by atoms with van der Waals surface area (Å²) in [7, 11) is 2.28. The monoisotopic (exact) mass is 248 g/mol. The Labute approximate surface area is 105 Å². The highest BCUT2D eigenvalue weighted by molar-refractivity contribution is 5.85. The average molecular weight is 249 g/mol. The van der Waals surface area contributed by atoms with Crippen LogP contribution in [0.2, 0.25) is 0 Å². The lowest BCUT2D eigenvalue weighted by Gasteiger charge is -2.44. The van der Waals surface area contributed by atoms with E-state index in [0.29, 0.717) is 5.41 Å². The largest absolute Gasteiger partial charge is 0.381 e. The SMILES string of the molecule is CCC1(CN(C)C2CNC2)CCOCC1.Cl. The number of halogens is 1. The topological polar surface area (TPSA) is 24.5 Å². The van der Waals surface area contributed by atoms with Gasteiger partial charge in [-0.2, -0.15) is 0 Å². The summed E-state index contributed by atoms with van der Waals surface area (Å²) in [5, 5.41) is 3.34. The van der Waals surface area contributed by atoms with Gasteiger partial charge < -0.3 is 15.0 Å². The molecule has 2 fully saturated rings. The van der Waals surface area contributed by atoms with E-state index in [2.05, 4.69) is 24.2 Å². The van der Waals surface area contributed by atoms with Crippen molar-refractivity contribution in [3.8, 4) is 0 Å². The van der Waals surface area contributed by atoms with Gasteiger partial charge in [0.2, 0.25) is 0 Å². The minimum atomic E-state index is 0. The average Bonchev–Trinajstić information content (AvgIpc) is 2.16. The third kappa shape index (κ3) is 3.10. The van der Waals surface area contributed by atoms with Crippen LogP contribution in [0, 0.1) is 5.41 Å². The third-order valence-electron chi connectivity index (χ3n) is 4.27. The Morgan fingerprint density at radius 1 is 1.31 bits per heavy atom. The third-order valence-corrected chi connectivity index (χ3v) is 4.27. The van der Waals surface area contributed by atoms with Gasteiger partial charge in [-0.25, -0.2) is 0 Å². The van der Waals surface area contributed by atoms with Crippen molar-refractivity contribution >= 4 is 12.4 Å². The molecule has 2 aliphatic heterocycles. The van der Waals surface area contributed by atoms with Gasteiger partial charge in [0.05, 0.1) is 0 Å². The van der Waals surface area contributed by atoms with Crippen molar-refractivity contribution < 1.29 is 4.74 Å². The molecule has 0 amide bonds. The minimum absolute atomic E-state index is 0. The van der Waals surface area contributed by atoms with Gasteiger partial charge in [-0.15, -0.1) is 12.4 Å². The summed E-state index contributed by atoms with van der Waals surface area (Å²) in [6, 6.07) is 0.774. The van der Waals surface area contributed by atoms with E-state index in [1.807, 2.05) is 0 Å². The van der Waals surface area contributed by atoms with Crippen molar-refractivity contribution in [2.45, 2.75) is 32.2 Å². The van der Waals surface area contributed by atoms with Crippen LogP contribution < -0.4 is 5.32 Å². The lowest BCUT2D eigenvalue weighted by Crippen LogP contribution is -2.58. The standard InChI is InChI=1S/C12H24N2O.ClH/c1-3-12(4-6-15-7-5-12)10-14(2)11-8-13-9-11;/h11,13H,3-10H2,1-2H3;1H. The molecule has 1 N–H and O–H groups in total. The van der Waals surface area contributed by atoms with E-state index in [4.69, 9.17) is 4.74 Å². The predicted octanol–water partition coefficient (Wildman–Crippen LogP) is 1.52. The predicted molar refractivity (Wildman–Crippen MR) is 69.3 cm³/mol. The molecule has 3 nitrogen and oxygen atoms in total. The fourth-order valence-electron chi connectivity index (χ4n) is 2.67. The molecule has 2 aliphatic rings. The van der Waals surface area contributed by atoms with Gasteiger partial charge in [0.15, 0.2) is 0 Å². The Bertz CT molecular complexity index is 203. The van der Waals surface area contributed by atoms with Gasteiger partial charge in [0.25, 0.3) is 0 Å². The Balaban J connectivity index is 0.00000128. The molecular weight excluding hydrogens is 224 g/mol. The molecule has 16 heavy (non-hydrogen) atoms. The molecule has 0 atom stereocenters. The zero-order valence-corrected chi connectivity index (χ0v) is 11.3. The normalized spacial score (nSPS) is 24.9. The van der Waals surface area contributed by atoms with Crippen LogP contribution in [0.3, 0.4) is 0 Å². The van der Waals surface area contributed by atoms with Gasteiger partial charge in [0.1, 0.15) is 0 Å². The molecular formula is C12H25ClN2O. The van der Waals surface area contributed by atoms with Crippen molar-refractivity contribution in [2.24, 2.45) is 5.41 Å². The van der Waals surface area contributed by atoms with Gasteiger partial charge in [-0.3, -0.25) is 0 Å². The highest BCUT2D eigenvalue weighted by Crippen LogP contribution is 2.35. The van der Waals surface area contributed by atoms with Crippen LogP contribution in [0.15, 0.2) is 0 Å². The van der Waals surface area contributed by atoms with E-state index >= 15 is 0 Å². The van der Waals surface area contributed by atoms with Crippen molar-refractivity contribution in [2.75, 3.05) is 39.9 Å².